The van der Waals surface area contributed by atoms with E-state index in [0.29, 0.717) is 34.5 Å². The van der Waals surface area contributed by atoms with Crippen molar-refractivity contribution in [1.29, 1.82) is 0 Å². The predicted octanol–water partition coefficient (Wildman–Crippen LogP) is 1.57. The molecule has 3 atom stereocenters. The molecule has 0 saturated carbocycles. The molecule has 0 radical (unpaired) electrons. The summed E-state index contributed by atoms with van der Waals surface area (Å²) in [5.74, 6) is 0.584. The van der Waals surface area contributed by atoms with Crippen molar-refractivity contribution in [3.63, 3.8) is 0 Å². The zero-order valence-corrected chi connectivity index (χ0v) is 20.1. The highest BCUT2D eigenvalue weighted by atomic mass is 19.1. The van der Waals surface area contributed by atoms with Gasteiger partial charge in [-0.25, -0.2) is 9.37 Å². The van der Waals surface area contributed by atoms with E-state index in [0.717, 1.165) is 6.08 Å². The van der Waals surface area contributed by atoms with E-state index in [2.05, 4.69) is 37.3 Å². The summed E-state index contributed by atoms with van der Waals surface area (Å²) < 4.78 is 23.6. The second-order valence-corrected chi connectivity index (χ2v) is 8.78. The topological polar surface area (TPSA) is 135 Å². The number of rotatable bonds is 9. The minimum atomic E-state index is -1.29. The van der Waals surface area contributed by atoms with Gasteiger partial charge >= 0.3 is 0 Å². The Bertz CT molecular complexity index is 1220. The van der Waals surface area contributed by atoms with Crippen molar-refractivity contribution in [3.8, 4) is 5.88 Å². The average Bonchev–Trinajstić information content (AvgIpc) is 3.50. The van der Waals surface area contributed by atoms with Crippen molar-refractivity contribution in [1.82, 2.24) is 34.6 Å². The van der Waals surface area contributed by atoms with Gasteiger partial charge in [0.25, 0.3) is 5.88 Å². The zero-order valence-electron chi connectivity index (χ0n) is 20.1. The number of fused-ring (bicyclic) bond motifs is 1. The van der Waals surface area contributed by atoms with Crippen LogP contribution in [0.1, 0.15) is 26.8 Å². The number of halogens is 1. The van der Waals surface area contributed by atoms with E-state index in [1.54, 1.807) is 29.0 Å². The number of carbonyl (C=O) groups is 1. The first-order chi connectivity index (χ1) is 16.7. The quantitative estimate of drug-likeness (QED) is 0.384. The molecule has 1 saturated heterocycles. The zero-order chi connectivity index (χ0) is 25.3. The van der Waals surface area contributed by atoms with Gasteiger partial charge in [0, 0.05) is 12.6 Å². The van der Waals surface area contributed by atoms with E-state index in [-0.39, 0.29) is 25.7 Å². The summed E-state index contributed by atoms with van der Waals surface area (Å²) >= 11 is 0. The second kappa shape index (κ2) is 9.86. The number of ether oxygens (including phenoxy) is 1. The van der Waals surface area contributed by atoms with Crippen LogP contribution in [-0.4, -0.2) is 78.8 Å². The number of anilines is 3. The first-order valence-corrected chi connectivity index (χ1v) is 11.3. The van der Waals surface area contributed by atoms with Gasteiger partial charge < -0.3 is 29.9 Å². The molecular formula is C22H30FN9O3. The Morgan fingerprint density at radius 3 is 2.80 bits per heavy atom. The smallest absolute Gasteiger partial charge is 0.256 e. The third-order valence-electron chi connectivity index (χ3n) is 5.64. The monoisotopic (exact) mass is 487 g/mol. The molecule has 0 spiro atoms. The molecule has 0 aliphatic carbocycles. The Morgan fingerprint density at radius 1 is 1.37 bits per heavy atom. The fourth-order valence-electron chi connectivity index (χ4n) is 3.95. The van der Waals surface area contributed by atoms with Crippen molar-refractivity contribution in [2.45, 2.75) is 51.7 Å². The van der Waals surface area contributed by atoms with E-state index in [4.69, 9.17) is 4.74 Å². The number of methoxy groups -OCH3 is 1. The van der Waals surface area contributed by atoms with Gasteiger partial charge in [-0.3, -0.25) is 9.48 Å². The lowest BCUT2D eigenvalue weighted by atomic mass is 10.2. The van der Waals surface area contributed by atoms with Crippen LogP contribution in [0, 0.1) is 0 Å². The molecule has 1 fully saturated rings. The number of imidazole rings is 1. The predicted molar refractivity (Wildman–Crippen MR) is 129 cm³/mol. The van der Waals surface area contributed by atoms with Crippen molar-refractivity contribution < 1.29 is 19.0 Å². The maximum atomic E-state index is 14.7. The third-order valence-corrected chi connectivity index (χ3v) is 5.64. The summed E-state index contributed by atoms with van der Waals surface area (Å²) in [7, 11) is 1.50. The molecule has 3 aromatic heterocycles. The standard InChI is InChI=1S/C22H30FN9O3/c1-6-17(34)25-15-9-30(8-14(15)23)22-27-19(18-20(28-22)32(11-24-18)12(2)3)26-16-10-31(7-13(4)33)29-21(16)35-5/h6,10-15,33H,1,7-9H2,2-5H3,(H,25,34)(H,26,27,28)/t13?,14-,15+/m0/s1. The molecule has 1 aliphatic heterocycles. The summed E-state index contributed by atoms with van der Waals surface area (Å²) in [6.45, 7) is 9.62. The van der Waals surface area contributed by atoms with Gasteiger partial charge in [0.1, 0.15) is 11.9 Å². The Kier molecular flexibility index (Phi) is 6.87. The SMILES string of the molecule is C=CC(=O)N[C@@H]1CN(c2nc(Nc3cn(CC(C)O)nc3OC)c3ncn(C(C)C)c3n2)C[C@@H]1F. The minimum absolute atomic E-state index is 0.0263. The molecule has 12 nitrogen and oxygen atoms in total. The summed E-state index contributed by atoms with van der Waals surface area (Å²) in [4.78, 5) is 27.2. The lowest BCUT2D eigenvalue weighted by Gasteiger charge is -2.18. The molecule has 1 aliphatic rings. The summed E-state index contributed by atoms with van der Waals surface area (Å²) in [6.07, 6.45) is 2.62. The molecule has 188 valence electrons. The lowest BCUT2D eigenvalue weighted by molar-refractivity contribution is -0.117. The molecule has 3 aromatic rings. The van der Waals surface area contributed by atoms with Crippen molar-refractivity contribution in [3.05, 3.63) is 25.2 Å². The van der Waals surface area contributed by atoms with Gasteiger partial charge in [0.15, 0.2) is 17.0 Å². The third kappa shape index (κ3) is 5.04. The molecule has 4 heterocycles. The number of alkyl halides is 1. The highest BCUT2D eigenvalue weighted by molar-refractivity contribution is 5.88. The molecule has 35 heavy (non-hydrogen) atoms. The Morgan fingerprint density at radius 2 is 2.14 bits per heavy atom. The van der Waals surface area contributed by atoms with E-state index in [1.165, 1.54) is 7.11 Å². The first kappa shape index (κ1) is 24.4. The number of aliphatic hydroxyl groups excluding tert-OH is 1. The van der Waals surface area contributed by atoms with Crippen LogP contribution in [-0.2, 0) is 11.3 Å². The van der Waals surface area contributed by atoms with Gasteiger partial charge in [-0.15, -0.1) is 5.10 Å². The van der Waals surface area contributed by atoms with Gasteiger partial charge in [-0.2, -0.15) is 9.97 Å². The van der Waals surface area contributed by atoms with E-state index >= 15 is 0 Å². The van der Waals surface area contributed by atoms with Crippen molar-refractivity contribution in [2.24, 2.45) is 0 Å². The van der Waals surface area contributed by atoms with Gasteiger partial charge in [0.2, 0.25) is 11.9 Å². The van der Waals surface area contributed by atoms with Gasteiger partial charge in [-0.1, -0.05) is 6.58 Å². The van der Waals surface area contributed by atoms with Crippen LogP contribution in [0.4, 0.5) is 21.8 Å². The number of amides is 1. The fraction of sp³-hybridized carbons (Fsp3) is 0.500. The van der Waals surface area contributed by atoms with Crippen LogP contribution < -0.4 is 20.3 Å². The fourth-order valence-corrected chi connectivity index (χ4v) is 3.95. The number of hydrogen-bond acceptors (Lipinski definition) is 9. The minimum Gasteiger partial charge on any atom is -0.478 e. The van der Waals surface area contributed by atoms with Crippen LogP contribution in [0.15, 0.2) is 25.2 Å². The Hall–Kier alpha value is -3.74. The normalized spacial score (nSPS) is 18.8. The van der Waals surface area contributed by atoms with Crippen LogP contribution in [0.5, 0.6) is 5.88 Å². The summed E-state index contributed by atoms with van der Waals surface area (Å²) in [6, 6.07) is -0.629. The van der Waals surface area contributed by atoms with Crippen LogP contribution in [0.25, 0.3) is 11.2 Å². The van der Waals surface area contributed by atoms with Crippen LogP contribution in [0.2, 0.25) is 0 Å². The summed E-state index contributed by atoms with van der Waals surface area (Å²) in [5.41, 5.74) is 1.64. The molecule has 3 N–H and O–H groups in total. The largest absolute Gasteiger partial charge is 0.478 e. The number of hydrogen-bond donors (Lipinski definition) is 3. The van der Waals surface area contributed by atoms with Crippen molar-refractivity contribution >= 4 is 34.5 Å². The number of nitrogens with one attached hydrogen (secondary N) is 2. The number of nitrogens with zero attached hydrogens (tertiary/aromatic N) is 7. The molecule has 0 bridgehead atoms. The van der Waals surface area contributed by atoms with Crippen molar-refractivity contribution in [2.75, 3.05) is 30.4 Å². The van der Waals surface area contributed by atoms with Gasteiger partial charge in [0.05, 0.1) is 44.9 Å². The first-order valence-electron chi connectivity index (χ1n) is 11.3. The molecule has 0 aromatic carbocycles. The Balaban J connectivity index is 1.72. The Labute approximate surface area is 201 Å². The lowest BCUT2D eigenvalue weighted by Crippen LogP contribution is -2.40. The van der Waals surface area contributed by atoms with Crippen LogP contribution >= 0.6 is 0 Å². The molecule has 13 heteroatoms. The number of aromatic nitrogens is 6. The van der Waals surface area contributed by atoms with E-state index in [1.807, 2.05) is 18.4 Å². The average molecular weight is 488 g/mol. The summed E-state index contributed by atoms with van der Waals surface area (Å²) in [5, 5.41) is 19.9. The molecular weight excluding hydrogens is 457 g/mol. The maximum absolute atomic E-state index is 14.7. The van der Waals surface area contributed by atoms with E-state index in [9.17, 15) is 14.3 Å². The highest BCUT2D eigenvalue weighted by Gasteiger charge is 2.35. The van der Waals surface area contributed by atoms with Gasteiger partial charge in [-0.05, 0) is 26.8 Å². The number of aliphatic hydroxyl groups is 1. The maximum Gasteiger partial charge on any atom is 0.256 e. The molecule has 4 rings (SSSR count). The number of carbonyl (C=O) groups excluding carboxylic acids is 1. The van der Waals surface area contributed by atoms with Crippen LogP contribution in [0.3, 0.4) is 0 Å². The molecule has 1 amide bonds. The highest BCUT2D eigenvalue weighted by Crippen LogP contribution is 2.31. The second-order valence-electron chi connectivity index (χ2n) is 8.78. The van der Waals surface area contributed by atoms with E-state index < -0.39 is 24.2 Å². The molecule has 1 unspecified atom stereocenters.